The van der Waals surface area contributed by atoms with Gasteiger partial charge in [0.15, 0.2) is 5.96 Å². The normalized spacial score (nSPS) is 29.1. The summed E-state index contributed by atoms with van der Waals surface area (Å²) in [7, 11) is 0. The Morgan fingerprint density at radius 3 is 2.65 bits per heavy atom. The van der Waals surface area contributed by atoms with E-state index < -0.39 is 0 Å². The van der Waals surface area contributed by atoms with Crippen LogP contribution in [0.2, 0.25) is 0 Å². The van der Waals surface area contributed by atoms with Gasteiger partial charge in [-0.05, 0) is 44.9 Å². The zero-order valence-electron chi connectivity index (χ0n) is 12.9. The third-order valence-electron chi connectivity index (χ3n) is 4.95. The van der Waals surface area contributed by atoms with E-state index in [4.69, 9.17) is 4.99 Å². The van der Waals surface area contributed by atoms with Crippen molar-refractivity contribution < 1.29 is 0 Å². The summed E-state index contributed by atoms with van der Waals surface area (Å²) in [5.74, 6) is 1.87. The van der Waals surface area contributed by atoms with Gasteiger partial charge in [-0.25, -0.2) is 0 Å². The number of guanidine groups is 1. The van der Waals surface area contributed by atoms with E-state index in [0.717, 1.165) is 31.0 Å². The highest BCUT2D eigenvalue weighted by Gasteiger charge is 2.34. The average molecular weight is 278 g/mol. The summed E-state index contributed by atoms with van der Waals surface area (Å²) >= 11 is 0. The van der Waals surface area contributed by atoms with Gasteiger partial charge in [-0.2, -0.15) is 0 Å². The zero-order chi connectivity index (χ0) is 13.8. The van der Waals surface area contributed by atoms with Gasteiger partial charge < -0.3 is 10.6 Å². The van der Waals surface area contributed by atoms with Crippen LogP contribution in [0.15, 0.2) is 4.99 Å². The summed E-state index contributed by atoms with van der Waals surface area (Å²) in [4.78, 5) is 7.47. The maximum absolute atomic E-state index is 4.82. The van der Waals surface area contributed by atoms with Gasteiger partial charge in [0.25, 0.3) is 0 Å². The largest absolute Gasteiger partial charge is 0.357 e. The second-order valence-electron chi connectivity index (χ2n) is 6.73. The van der Waals surface area contributed by atoms with Crippen molar-refractivity contribution in [1.82, 2.24) is 15.5 Å². The monoisotopic (exact) mass is 278 g/mol. The summed E-state index contributed by atoms with van der Waals surface area (Å²) in [5, 5.41) is 7.06. The van der Waals surface area contributed by atoms with Gasteiger partial charge in [-0.15, -0.1) is 0 Å². The third kappa shape index (κ3) is 3.87. The van der Waals surface area contributed by atoms with Crippen molar-refractivity contribution in [2.24, 2.45) is 10.9 Å². The van der Waals surface area contributed by atoms with Crippen molar-refractivity contribution in [3.8, 4) is 0 Å². The molecule has 0 aromatic carbocycles. The highest BCUT2D eigenvalue weighted by atomic mass is 15.3. The molecular weight excluding hydrogens is 248 g/mol. The van der Waals surface area contributed by atoms with Gasteiger partial charge in [0, 0.05) is 38.3 Å². The molecule has 0 spiro atoms. The van der Waals surface area contributed by atoms with Crippen LogP contribution in [-0.2, 0) is 0 Å². The molecule has 3 rings (SSSR count). The van der Waals surface area contributed by atoms with E-state index in [9.17, 15) is 0 Å². The second kappa shape index (κ2) is 6.79. The summed E-state index contributed by atoms with van der Waals surface area (Å²) < 4.78 is 0. The van der Waals surface area contributed by atoms with Gasteiger partial charge >= 0.3 is 0 Å². The Bertz CT molecular complexity index is 331. The van der Waals surface area contributed by atoms with Gasteiger partial charge in [-0.1, -0.05) is 12.8 Å². The van der Waals surface area contributed by atoms with Crippen LogP contribution in [0, 0.1) is 5.92 Å². The van der Waals surface area contributed by atoms with Crippen LogP contribution < -0.4 is 10.6 Å². The van der Waals surface area contributed by atoms with E-state index >= 15 is 0 Å². The second-order valence-corrected chi connectivity index (χ2v) is 6.73. The number of nitrogens with one attached hydrogen (secondary N) is 2. The Labute approximate surface area is 123 Å². The molecule has 3 fully saturated rings. The summed E-state index contributed by atoms with van der Waals surface area (Å²) in [5.41, 5.74) is 0. The quantitative estimate of drug-likeness (QED) is 0.596. The highest BCUT2D eigenvalue weighted by molar-refractivity contribution is 5.80. The number of likely N-dealkylation sites (tertiary alicyclic amines) is 1. The molecular formula is C16H30N4. The van der Waals surface area contributed by atoms with Gasteiger partial charge in [0.1, 0.15) is 0 Å². The molecule has 3 aliphatic rings. The lowest BCUT2D eigenvalue weighted by molar-refractivity contribution is 0.321. The number of hydrogen-bond acceptors (Lipinski definition) is 2. The summed E-state index contributed by atoms with van der Waals surface area (Å²) in [6.07, 6.45) is 9.67. The predicted molar refractivity (Wildman–Crippen MR) is 84.1 cm³/mol. The molecule has 1 unspecified atom stereocenters. The first-order valence-electron chi connectivity index (χ1n) is 8.64. The fourth-order valence-electron chi connectivity index (χ4n) is 3.60. The Balaban J connectivity index is 1.46. The molecule has 0 aromatic rings. The molecule has 1 atom stereocenters. The molecule has 1 aliphatic heterocycles. The summed E-state index contributed by atoms with van der Waals surface area (Å²) in [6.45, 7) is 6.59. The van der Waals surface area contributed by atoms with E-state index in [1.165, 1.54) is 58.0 Å². The molecule has 4 nitrogen and oxygen atoms in total. The van der Waals surface area contributed by atoms with Crippen molar-refractivity contribution in [2.75, 3.05) is 26.2 Å². The van der Waals surface area contributed by atoms with Crippen LogP contribution in [-0.4, -0.2) is 49.1 Å². The van der Waals surface area contributed by atoms with Crippen molar-refractivity contribution in [3.05, 3.63) is 0 Å². The first-order chi connectivity index (χ1) is 9.85. The number of hydrogen-bond donors (Lipinski definition) is 2. The topological polar surface area (TPSA) is 39.7 Å². The summed E-state index contributed by atoms with van der Waals surface area (Å²) in [6, 6.07) is 1.50. The molecule has 2 aliphatic carbocycles. The Morgan fingerprint density at radius 2 is 1.95 bits per heavy atom. The fourth-order valence-corrected chi connectivity index (χ4v) is 3.60. The lowest BCUT2D eigenvalue weighted by Gasteiger charge is -2.19. The van der Waals surface area contributed by atoms with Gasteiger partial charge in [-0.3, -0.25) is 9.89 Å². The molecule has 0 aromatic heterocycles. The van der Waals surface area contributed by atoms with Crippen molar-refractivity contribution in [3.63, 3.8) is 0 Å². The fraction of sp³-hybridized carbons (Fsp3) is 0.938. The SMILES string of the molecule is CCNC(=NCC1CCCC1)NC1CCN(C2CC2)C1. The van der Waals surface area contributed by atoms with Crippen LogP contribution in [0.25, 0.3) is 0 Å². The van der Waals surface area contributed by atoms with E-state index in [-0.39, 0.29) is 0 Å². The van der Waals surface area contributed by atoms with Gasteiger partial charge in [0.2, 0.25) is 0 Å². The minimum absolute atomic E-state index is 0.594. The number of aliphatic imine (C=N–C) groups is 1. The molecule has 0 bridgehead atoms. The molecule has 114 valence electrons. The van der Waals surface area contributed by atoms with Crippen molar-refractivity contribution >= 4 is 5.96 Å². The van der Waals surface area contributed by atoms with Crippen LogP contribution in [0.4, 0.5) is 0 Å². The Kier molecular flexibility index (Phi) is 4.81. The molecule has 1 heterocycles. The molecule has 0 radical (unpaired) electrons. The molecule has 2 saturated carbocycles. The predicted octanol–water partition coefficient (Wildman–Crippen LogP) is 1.97. The third-order valence-corrected chi connectivity index (χ3v) is 4.95. The average Bonchev–Trinajstić information content (AvgIpc) is 2.99. The molecule has 0 amide bonds. The van der Waals surface area contributed by atoms with E-state index in [1.807, 2.05) is 0 Å². The molecule has 2 N–H and O–H groups in total. The smallest absolute Gasteiger partial charge is 0.191 e. The molecule has 4 heteroatoms. The first kappa shape index (κ1) is 14.2. The van der Waals surface area contributed by atoms with Crippen LogP contribution >= 0.6 is 0 Å². The highest BCUT2D eigenvalue weighted by Crippen LogP contribution is 2.29. The molecule has 20 heavy (non-hydrogen) atoms. The van der Waals surface area contributed by atoms with Crippen LogP contribution in [0.1, 0.15) is 51.9 Å². The molecule has 1 saturated heterocycles. The van der Waals surface area contributed by atoms with Crippen LogP contribution in [0.5, 0.6) is 0 Å². The first-order valence-corrected chi connectivity index (χ1v) is 8.64. The van der Waals surface area contributed by atoms with Crippen molar-refractivity contribution in [2.45, 2.75) is 64.0 Å². The Hall–Kier alpha value is -0.770. The lowest BCUT2D eigenvalue weighted by atomic mass is 10.1. The van der Waals surface area contributed by atoms with E-state index in [2.05, 4.69) is 22.5 Å². The standard InChI is InChI=1S/C16H30N4/c1-2-17-16(18-11-13-5-3-4-6-13)19-14-9-10-20(12-14)15-7-8-15/h13-15H,2-12H2,1H3,(H2,17,18,19). The van der Waals surface area contributed by atoms with Crippen LogP contribution in [0.3, 0.4) is 0 Å². The number of rotatable bonds is 5. The maximum atomic E-state index is 4.82. The van der Waals surface area contributed by atoms with Gasteiger partial charge in [0.05, 0.1) is 0 Å². The number of nitrogens with zero attached hydrogens (tertiary/aromatic N) is 2. The van der Waals surface area contributed by atoms with E-state index in [0.29, 0.717) is 6.04 Å². The van der Waals surface area contributed by atoms with E-state index in [1.54, 1.807) is 0 Å². The minimum Gasteiger partial charge on any atom is -0.357 e. The van der Waals surface area contributed by atoms with Crippen molar-refractivity contribution in [1.29, 1.82) is 0 Å². The lowest BCUT2D eigenvalue weighted by Crippen LogP contribution is -2.45. The maximum Gasteiger partial charge on any atom is 0.191 e. The zero-order valence-corrected chi connectivity index (χ0v) is 12.9. The minimum atomic E-state index is 0.594. The Morgan fingerprint density at radius 1 is 1.15 bits per heavy atom.